The Morgan fingerprint density at radius 1 is 0.679 bits per heavy atom. The molecule has 0 fully saturated rings. The summed E-state index contributed by atoms with van der Waals surface area (Å²) < 4.78 is 6.35. The quantitative estimate of drug-likeness (QED) is 0.464. The summed E-state index contributed by atoms with van der Waals surface area (Å²) in [7, 11) is -3.62. The van der Waals surface area contributed by atoms with Crippen LogP contribution in [0.4, 0.5) is 0 Å². The van der Waals surface area contributed by atoms with Gasteiger partial charge in [0, 0.05) is 16.3 Å². The van der Waals surface area contributed by atoms with Gasteiger partial charge in [-0.1, -0.05) is 99.9 Å². The van der Waals surface area contributed by atoms with Crippen molar-refractivity contribution < 1.29 is 9.53 Å². The summed E-state index contributed by atoms with van der Waals surface area (Å²) in [4.78, 5) is 13.3. The van der Waals surface area contributed by atoms with Gasteiger partial charge in [-0.25, -0.2) is 4.79 Å². The molecule has 1 spiro atoms. The SMILES string of the molecule is C[Si](C)(C)C1=C(c2ccccc2)C2(OC1=O)C(c1ccccc1)=C2[Si](C)(C)C. The molecule has 2 nitrogen and oxygen atoms in total. The van der Waals surface area contributed by atoms with E-state index in [1.54, 1.807) is 0 Å². The lowest BCUT2D eigenvalue weighted by atomic mass is 9.94. The molecular formula is C24H28O2Si2. The van der Waals surface area contributed by atoms with Crippen LogP contribution in [0.25, 0.3) is 11.1 Å². The van der Waals surface area contributed by atoms with E-state index in [2.05, 4.69) is 87.8 Å². The molecule has 1 heterocycles. The fraction of sp³-hybridized carbons (Fsp3) is 0.292. The molecule has 1 unspecified atom stereocenters. The number of hydrogen-bond donors (Lipinski definition) is 0. The van der Waals surface area contributed by atoms with Crippen LogP contribution in [0.5, 0.6) is 0 Å². The van der Waals surface area contributed by atoms with E-state index in [0.29, 0.717) is 0 Å². The minimum Gasteiger partial charge on any atom is -0.442 e. The number of benzene rings is 2. The largest absolute Gasteiger partial charge is 0.442 e. The van der Waals surface area contributed by atoms with Gasteiger partial charge in [0.1, 0.15) is 0 Å². The third kappa shape index (κ3) is 2.78. The molecule has 28 heavy (non-hydrogen) atoms. The Hall–Kier alpha value is -2.18. The minimum absolute atomic E-state index is 0.111. The standard InChI is InChI=1S/C24H28O2Si2/c1-27(2,3)21-19(17-13-9-7-10-14-17)24(26-23(21)25)20(22(24)28(4,5)6)18-15-11-8-12-16-18/h7-16H,1-6H3. The van der Waals surface area contributed by atoms with Crippen LogP contribution in [-0.4, -0.2) is 27.7 Å². The molecule has 0 aromatic heterocycles. The average molecular weight is 405 g/mol. The number of carbonyl (C=O) groups is 1. The lowest BCUT2D eigenvalue weighted by molar-refractivity contribution is -0.139. The molecule has 0 amide bonds. The Kier molecular flexibility index (Phi) is 4.21. The molecule has 2 aromatic carbocycles. The van der Waals surface area contributed by atoms with E-state index in [0.717, 1.165) is 16.3 Å². The summed E-state index contributed by atoms with van der Waals surface area (Å²) in [6.45, 7) is 13.8. The van der Waals surface area contributed by atoms with E-state index in [1.807, 2.05) is 12.1 Å². The summed E-state index contributed by atoms with van der Waals surface area (Å²) in [6, 6.07) is 20.9. The van der Waals surface area contributed by atoms with E-state index in [-0.39, 0.29) is 5.97 Å². The Labute approximate surface area is 170 Å². The predicted molar refractivity (Wildman–Crippen MR) is 122 cm³/mol. The topological polar surface area (TPSA) is 26.3 Å². The van der Waals surface area contributed by atoms with Crippen molar-refractivity contribution in [2.75, 3.05) is 0 Å². The second-order valence-electron chi connectivity index (χ2n) is 9.80. The van der Waals surface area contributed by atoms with Crippen molar-refractivity contribution in [1.82, 2.24) is 0 Å². The predicted octanol–water partition coefficient (Wildman–Crippen LogP) is 5.96. The molecule has 2 aromatic rings. The molecule has 0 radical (unpaired) electrons. The van der Waals surface area contributed by atoms with Gasteiger partial charge in [-0.3, -0.25) is 0 Å². The van der Waals surface area contributed by atoms with Gasteiger partial charge in [0.2, 0.25) is 0 Å². The van der Waals surface area contributed by atoms with Crippen molar-refractivity contribution in [2.24, 2.45) is 0 Å². The van der Waals surface area contributed by atoms with Gasteiger partial charge in [0.05, 0.1) is 16.1 Å². The molecule has 1 atom stereocenters. The molecular weight excluding hydrogens is 376 g/mol. The van der Waals surface area contributed by atoms with Gasteiger partial charge in [-0.2, -0.15) is 0 Å². The maximum atomic E-state index is 13.3. The van der Waals surface area contributed by atoms with E-state index in [4.69, 9.17) is 4.74 Å². The number of esters is 1. The highest BCUT2D eigenvalue weighted by Crippen LogP contribution is 2.67. The van der Waals surface area contributed by atoms with E-state index in [9.17, 15) is 4.79 Å². The first kappa shape index (κ1) is 19.2. The zero-order chi connectivity index (χ0) is 20.3. The number of carbonyl (C=O) groups excluding carboxylic acids is 1. The monoisotopic (exact) mass is 404 g/mol. The molecule has 0 N–H and O–H groups in total. The van der Waals surface area contributed by atoms with Crippen molar-refractivity contribution in [3.05, 3.63) is 82.2 Å². The van der Waals surface area contributed by atoms with E-state index < -0.39 is 21.7 Å². The van der Waals surface area contributed by atoms with Gasteiger partial charge in [-0.15, -0.1) is 0 Å². The van der Waals surface area contributed by atoms with Gasteiger partial charge in [0.15, 0.2) is 5.60 Å². The van der Waals surface area contributed by atoms with Gasteiger partial charge in [0.25, 0.3) is 0 Å². The molecule has 0 bridgehead atoms. The second-order valence-corrected chi connectivity index (χ2v) is 19.8. The van der Waals surface area contributed by atoms with Gasteiger partial charge >= 0.3 is 5.97 Å². The third-order valence-corrected chi connectivity index (χ3v) is 9.62. The second kappa shape index (κ2) is 6.16. The van der Waals surface area contributed by atoms with Crippen LogP contribution in [0.2, 0.25) is 39.3 Å². The van der Waals surface area contributed by atoms with Crippen molar-refractivity contribution >= 4 is 33.3 Å². The van der Waals surface area contributed by atoms with E-state index in [1.165, 1.54) is 16.3 Å². The number of ether oxygens (including phenoxy) is 1. The summed E-state index contributed by atoms with van der Waals surface area (Å²) in [5.74, 6) is -0.111. The first-order valence-electron chi connectivity index (χ1n) is 9.93. The van der Waals surface area contributed by atoms with Crippen LogP contribution in [0.15, 0.2) is 71.1 Å². The van der Waals surface area contributed by atoms with Crippen LogP contribution in [-0.2, 0) is 9.53 Å². The Bertz CT molecular complexity index is 1010. The summed E-state index contributed by atoms with van der Waals surface area (Å²) >= 11 is 0. The van der Waals surface area contributed by atoms with Crippen LogP contribution in [0.1, 0.15) is 11.1 Å². The van der Waals surface area contributed by atoms with Crippen LogP contribution < -0.4 is 0 Å². The lowest BCUT2D eigenvalue weighted by Gasteiger charge is -2.24. The highest BCUT2D eigenvalue weighted by molar-refractivity contribution is 6.90. The van der Waals surface area contributed by atoms with Gasteiger partial charge in [-0.05, 0) is 16.3 Å². The number of hydrogen-bond acceptors (Lipinski definition) is 2. The molecule has 144 valence electrons. The van der Waals surface area contributed by atoms with Crippen molar-refractivity contribution in [3.8, 4) is 0 Å². The Morgan fingerprint density at radius 2 is 1.14 bits per heavy atom. The van der Waals surface area contributed by atoms with Crippen molar-refractivity contribution in [2.45, 2.75) is 44.9 Å². The fourth-order valence-corrected chi connectivity index (χ4v) is 8.72. The maximum absolute atomic E-state index is 13.3. The summed E-state index contributed by atoms with van der Waals surface area (Å²) in [5, 5.41) is 2.31. The lowest BCUT2D eigenvalue weighted by Crippen LogP contribution is -2.30. The summed E-state index contributed by atoms with van der Waals surface area (Å²) in [5.41, 5.74) is 3.99. The number of rotatable bonds is 4. The maximum Gasteiger partial charge on any atom is 0.331 e. The van der Waals surface area contributed by atoms with Crippen LogP contribution in [0.3, 0.4) is 0 Å². The van der Waals surface area contributed by atoms with Crippen molar-refractivity contribution in [1.29, 1.82) is 0 Å². The average Bonchev–Trinajstić information content (AvgIpc) is 3.18. The minimum atomic E-state index is -1.91. The molecule has 1 aliphatic heterocycles. The molecule has 0 saturated carbocycles. The smallest absolute Gasteiger partial charge is 0.331 e. The molecule has 1 aliphatic carbocycles. The normalized spacial score (nSPS) is 22.1. The fourth-order valence-electron chi connectivity index (χ4n) is 4.62. The molecule has 2 aliphatic rings. The highest BCUT2D eigenvalue weighted by atomic mass is 28.3. The third-order valence-electron chi connectivity index (χ3n) is 5.57. The zero-order valence-electron chi connectivity index (χ0n) is 17.6. The first-order chi connectivity index (χ1) is 13.1. The zero-order valence-corrected chi connectivity index (χ0v) is 19.6. The molecule has 4 rings (SSSR count). The van der Waals surface area contributed by atoms with Crippen molar-refractivity contribution in [3.63, 3.8) is 0 Å². The van der Waals surface area contributed by atoms with Crippen LogP contribution >= 0.6 is 0 Å². The Balaban J connectivity index is 2.01. The highest BCUT2D eigenvalue weighted by Gasteiger charge is 2.68. The van der Waals surface area contributed by atoms with E-state index >= 15 is 0 Å². The molecule has 0 saturated heterocycles. The van der Waals surface area contributed by atoms with Crippen LogP contribution in [0, 0.1) is 0 Å². The summed E-state index contributed by atoms with van der Waals surface area (Å²) in [6.07, 6.45) is 0. The molecule has 4 heteroatoms. The van der Waals surface area contributed by atoms with Gasteiger partial charge < -0.3 is 4.74 Å². The Morgan fingerprint density at radius 3 is 1.57 bits per heavy atom. The first-order valence-corrected chi connectivity index (χ1v) is 16.9.